The van der Waals surface area contributed by atoms with Crippen molar-refractivity contribution in [2.24, 2.45) is 0 Å². The summed E-state index contributed by atoms with van der Waals surface area (Å²) in [5.41, 5.74) is 0.335. The molecule has 0 spiro atoms. The van der Waals surface area contributed by atoms with E-state index in [-0.39, 0.29) is 5.78 Å². The first kappa shape index (κ1) is 13.1. The number of Topliss-reactive ketones (excluding diaryl/α,β-unsaturated/α-hetero) is 1. The predicted octanol–water partition coefficient (Wildman–Crippen LogP) is 3.17. The Hall–Kier alpha value is -0.930. The van der Waals surface area contributed by atoms with E-state index in [1.807, 2.05) is 0 Å². The van der Waals surface area contributed by atoms with Crippen LogP contribution in [0.3, 0.4) is 0 Å². The first-order valence-corrected chi connectivity index (χ1v) is 5.42. The van der Waals surface area contributed by atoms with Crippen molar-refractivity contribution in [1.82, 2.24) is 0 Å². The Morgan fingerprint density at radius 1 is 1.25 bits per heavy atom. The van der Waals surface area contributed by atoms with E-state index in [0.717, 1.165) is 0 Å². The summed E-state index contributed by atoms with van der Waals surface area (Å²) in [7, 11) is 2.99. The molecule has 1 rings (SSSR count). The Morgan fingerprint density at radius 2 is 1.75 bits per heavy atom. The van der Waals surface area contributed by atoms with Gasteiger partial charge in [-0.25, -0.2) is 0 Å². The molecular weight excluding hydrogens is 251 g/mol. The molecule has 0 aromatic heterocycles. The smallest absolute Gasteiger partial charge is 0.182 e. The van der Waals surface area contributed by atoms with Gasteiger partial charge in [-0.3, -0.25) is 4.79 Å². The quantitative estimate of drug-likeness (QED) is 0.618. The van der Waals surface area contributed by atoms with Crippen LogP contribution in [0.15, 0.2) is 12.1 Å². The van der Waals surface area contributed by atoms with Gasteiger partial charge in [0.2, 0.25) is 0 Å². The molecule has 1 unspecified atom stereocenters. The zero-order valence-corrected chi connectivity index (χ0v) is 10.7. The van der Waals surface area contributed by atoms with E-state index >= 15 is 0 Å². The number of carbonyl (C=O) groups excluding carboxylic acids is 1. The second-order valence-corrected chi connectivity index (χ2v) is 4.23. The molecule has 0 aliphatic rings. The van der Waals surface area contributed by atoms with Crippen molar-refractivity contribution in [3.63, 3.8) is 0 Å². The molecule has 0 fully saturated rings. The van der Waals surface area contributed by atoms with Gasteiger partial charge in [-0.15, -0.1) is 11.6 Å². The molecule has 0 aliphatic heterocycles. The molecule has 5 heteroatoms. The van der Waals surface area contributed by atoms with E-state index in [4.69, 9.17) is 32.7 Å². The van der Waals surface area contributed by atoms with Crippen LogP contribution in [0.5, 0.6) is 11.5 Å². The number of ether oxygens (including phenoxy) is 2. The molecule has 16 heavy (non-hydrogen) atoms. The lowest BCUT2D eigenvalue weighted by molar-refractivity contribution is 0.0991. The van der Waals surface area contributed by atoms with Gasteiger partial charge >= 0.3 is 0 Å². The molecule has 0 bridgehead atoms. The van der Waals surface area contributed by atoms with Gasteiger partial charge in [0, 0.05) is 11.6 Å². The maximum absolute atomic E-state index is 11.7. The maximum atomic E-state index is 11.7. The molecule has 0 heterocycles. The van der Waals surface area contributed by atoms with Crippen LogP contribution in [-0.2, 0) is 0 Å². The van der Waals surface area contributed by atoms with Crippen LogP contribution in [-0.4, -0.2) is 25.4 Å². The van der Waals surface area contributed by atoms with Crippen LogP contribution in [0.1, 0.15) is 17.3 Å². The maximum Gasteiger partial charge on any atom is 0.182 e. The Balaban J connectivity index is 3.26. The number of ketones is 1. The van der Waals surface area contributed by atoms with Gasteiger partial charge < -0.3 is 9.47 Å². The number of benzene rings is 1. The Labute approximate surface area is 104 Å². The molecule has 0 saturated carbocycles. The highest BCUT2D eigenvalue weighted by Crippen LogP contribution is 2.33. The molecule has 88 valence electrons. The second-order valence-electron chi connectivity index (χ2n) is 3.17. The van der Waals surface area contributed by atoms with Crippen molar-refractivity contribution in [3.05, 3.63) is 22.7 Å². The number of rotatable bonds is 4. The molecule has 0 N–H and O–H groups in total. The van der Waals surface area contributed by atoms with Crippen molar-refractivity contribution in [3.8, 4) is 11.5 Å². The van der Waals surface area contributed by atoms with Gasteiger partial charge in [-0.05, 0) is 13.0 Å². The molecule has 0 amide bonds. The standard InChI is InChI=1S/C11H12Cl2O3/c1-6(12)11(14)7-4-9(15-2)10(16-3)5-8(7)13/h4-6H,1-3H3. The number of carbonyl (C=O) groups is 1. The van der Waals surface area contributed by atoms with E-state index in [1.165, 1.54) is 26.4 Å². The molecule has 1 atom stereocenters. The second kappa shape index (κ2) is 5.41. The van der Waals surface area contributed by atoms with Gasteiger partial charge in [0.25, 0.3) is 0 Å². The lowest BCUT2D eigenvalue weighted by Gasteiger charge is -2.11. The minimum absolute atomic E-state index is 0.243. The summed E-state index contributed by atoms with van der Waals surface area (Å²) < 4.78 is 10.1. The van der Waals surface area contributed by atoms with E-state index < -0.39 is 5.38 Å². The molecule has 1 aromatic carbocycles. The van der Waals surface area contributed by atoms with Crippen molar-refractivity contribution >= 4 is 29.0 Å². The third-order valence-corrected chi connectivity index (χ3v) is 2.61. The SMILES string of the molecule is COc1cc(Cl)c(C(=O)C(C)Cl)cc1OC. The minimum Gasteiger partial charge on any atom is -0.493 e. The number of methoxy groups -OCH3 is 2. The highest BCUT2D eigenvalue weighted by molar-refractivity contribution is 6.39. The molecule has 3 nitrogen and oxygen atoms in total. The topological polar surface area (TPSA) is 35.5 Å². The summed E-state index contributed by atoms with van der Waals surface area (Å²) in [5, 5.41) is -0.328. The van der Waals surface area contributed by atoms with E-state index in [1.54, 1.807) is 6.92 Å². The minimum atomic E-state index is -0.629. The molecule has 0 saturated heterocycles. The normalized spacial score (nSPS) is 12.1. The van der Waals surface area contributed by atoms with Crippen molar-refractivity contribution in [2.45, 2.75) is 12.3 Å². The summed E-state index contributed by atoms with van der Waals surface area (Å²) in [6.07, 6.45) is 0. The molecule has 0 aliphatic carbocycles. The fourth-order valence-electron chi connectivity index (χ4n) is 1.26. The zero-order chi connectivity index (χ0) is 12.3. The van der Waals surface area contributed by atoms with E-state index in [9.17, 15) is 4.79 Å². The highest BCUT2D eigenvalue weighted by Gasteiger charge is 2.19. The van der Waals surface area contributed by atoms with E-state index in [0.29, 0.717) is 22.1 Å². The van der Waals surface area contributed by atoms with Crippen molar-refractivity contribution in [1.29, 1.82) is 0 Å². The zero-order valence-electron chi connectivity index (χ0n) is 9.21. The van der Waals surface area contributed by atoms with E-state index in [2.05, 4.69) is 0 Å². The third-order valence-electron chi connectivity index (χ3n) is 2.10. The number of halogens is 2. The van der Waals surface area contributed by atoms with Crippen LogP contribution in [0.2, 0.25) is 5.02 Å². The molecular formula is C11H12Cl2O3. The molecule has 1 aromatic rings. The first-order valence-electron chi connectivity index (χ1n) is 4.61. The fraction of sp³-hybridized carbons (Fsp3) is 0.364. The Morgan fingerprint density at radius 3 is 2.19 bits per heavy atom. The summed E-state index contributed by atoms with van der Waals surface area (Å²) in [4.78, 5) is 11.7. The van der Waals surface area contributed by atoms with Gasteiger partial charge in [-0.2, -0.15) is 0 Å². The van der Waals surface area contributed by atoms with Crippen molar-refractivity contribution < 1.29 is 14.3 Å². The average molecular weight is 263 g/mol. The summed E-state index contributed by atoms with van der Waals surface area (Å²) in [6.45, 7) is 1.59. The Kier molecular flexibility index (Phi) is 4.44. The van der Waals surface area contributed by atoms with Crippen LogP contribution >= 0.6 is 23.2 Å². The lowest BCUT2D eigenvalue weighted by Crippen LogP contribution is -2.11. The van der Waals surface area contributed by atoms with Crippen LogP contribution < -0.4 is 9.47 Å². The monoisotopic (exact) mass is 262 g/mol. The summed E-state index contributed by atoms with van der Waals surface area (Å²) in [6, 6.07) is 3.06. The number of hydrogen-bond donors (Lipinski definition) is 0. The van der Waals surface area contributed by atoms with Gasteiger partial charge in [0.15, 0.2) is 17.3 Å². The Bertz CT molecular complexity index is 402. The predicted molar refractivity (Wildman–Crippen MR) is 64.2 cm³/mol. The van der Waals surface area contributed by atoms with Crippen LogP contribution in [0.25, 0.3) is 0 Å². The highest BCUT2D eigenvalue weighted by atomic mass is 35.5. The van der Waals surface area contributed by atoms with Crippen LogP contribution in [0, 0.1) is 0 Å². The van der Waals surface area contributed by atoms with Crippen molar-refractivity contribution in [2.75, 3.05) is 14.2 Å². The largest absolute Gasteiger partial charge is 0.493 e. The number of alkyl halides is 1. The summed E-state index contributed by atoms with van der Waals surface area (Å²) >= 11 is 11.7. The lowest BCUT2D eigenvalue weighted by atomic mass is 10.1. The number of hydrogen-bond acceptors (Lipinski definition) is 3. The molecule has 0 radical (unpaired) electrons. The fourth-order valence-corrected chi connectivity index (χ4v) is 1.62. The van der Waals surface area contributed by atoms with Crippen LogP contribution in [0.4, 0.5) is 0 Å². The first-order chi connectivity index (χ1) is 7.51. The average Bonchev–Trinajstić information content (AvgIpc) is 2.27. The van der Waals surface area contributed by atoms with Gasteiger partial charge in [0.05, 0.1) is 24.6 Å². The van der Waals surface area contributed by atoms with Gasteiger partial charge in [0.1, 0.15) is 0 Å². The third kappa shape index (κ3) is 2.60. The van der Waals surface area contributed by atoms with Gasteiger partial charge in [-0.1, -0.05) is 11.6 Å². The summed E-state index contributed by atoms with van der Waals surface area (Å²) in [5.74, 6) is 0.687.